The second kappa shape index (κ2) is 8.01. The lowest BCUT2D eigenvalue weighted by molar-refractivity contribution is -0.133. The van der Waals surface area contributed by atoms with Crippen molar-refractivity contribution in [3.8, 4) is 5.75 Å². The van der Waals surface area contributed by atoms with Crippen LogP contribution in [0, 0.1) is 0 Å². The van der Waals surface area contributed by atoms with Gasteiger partial charge in [-0.05, 0) is 26.0 Å². The highest BCUT2D eigenvalue weighted by atomic mass is 16.5. The van der Waals surface area contributed by atoms with E-state index in [1.807, 2.05) is 32.0 Å². The fourth-order valence-electron chi connectivity index (χ4n) is 2.84. The number of benzene rings is 1. The van der Waals surface area contributed by atoms with E-state index in [2.05, 4.69) is 0 Å². The first-order chi connectivity index (χ1) is 11.5. The minimum Gasteiger partial charge on any atom is -0.495 e. The minimum atomic E-state index is -0.208. The highest BCUT2D eigenvalue weighted by Crippen LogP contribution is 2.30. The molecule has 0 radical (unpaired) electrons. The zero-order chi connectivity index (χ0) is 17.7. The van der Waals surface area contributed by atoms with Crippen LogP contribution in [0.25, 0.3) is 0 Å². The van der Waals surface area contributed by atoms with Crippen LogP contribution >= 0.6 is 0 Å². The lowest BCUT2D eigenvalue weighted by atomic mass is 10.2. The number of anilines is 1. The SMILES string of the molecule is COc1ccccc1N1CCN(CC(=O)N(CCO)C(C)C)C1=O. The van der Waals surface area contributed by atoms with Crippen molar-refractivity contribution in [2.24, 2.45) is 0 Å². The predicted octanol–water partition coefficient (Wildman–Crippen LogP) is 1.17. The lowest BCUT2D eigenvalue weighted by Gasteiger charge is -2.28. The molecule has 1 saturated heterocycles. The Hall–Kier alpha value is -2.28. The zero-order valence-electron chi connectivity index (χ0n) is 14.4. The molecule has 1 N–H and O–H groups in total. The number of carbonyl (C=O) groups is 2. The van der Waals surface area contributed by atoms with E-state index >= 15 is 0 Å². The Morgan fingerprint density at radius 3 is 2.67 bits per heavy atom. The van der Waals surface area contributed by atoms with Gasteiger partial charge in [-0.25, -0.2) is 4.79 Å². The summed E-state index contributed by atoms with van der Waals surface area (Å²) in [6.07, 6.45) is 0. The van der Waals surface area contributed by atoms with E-state index in [-0.39, 0.29) is 37.7 Å². The van der Waals surface area contributed by atoms with Gasteiger partial charge in [0.05, 0.1) is 19.4 Å². The van der Waals surface area contributed by atoms with Crippen molar-refractivity contribution in [2.75, 3.05) is 44.8 Å². The Balaban J connectivity index is 2.07. The maximum absolute atomic E-state index is 12.6. The van der Waals surface area contributed by atoms with Crippen molar-refractivity contribution in [2.45, 2.75) is 19.9 Å². The topological polar surface area (TPSA) is 73.3 Å². The molecule has 132 valence electrons. The van der Waals surface area contributed by atoms with Crippen molar-refractivity contribution in [3.63, 3.8) is 0 Å². The molecular formula is C17H25N3O4. The average Bonchev–Trinajstić information content (AvgIpc) is 2.92. The molecule has 1 fully saturated rings. The largest absolute Gasteiger partial charge is 0.495 e. The molecular weight excluding hydrogens is 310 g/mol. The van der Waals surface area contributed by atoms with Crippen molar-refractivity contribution in [1.29, 1.82) is 0 Å². The minimum absolute atomic E-state index is 0.0165. The third-order valence-electron chi connectivity index (χ3n) is 4.08. The van der Waals surface area contributed by atoms with E-state index in [9.17, 15) is 9.59 Å². The van der Waals surface area contributed by atoms with Crippen LogP contribution in [0.5, 0.6) is 5.75 Å². The second-order valence-electron chi connectivity index (χ2n) is 5.93. The van der Waals surface area contributed by atoms with Gasteiger partial charge < -0.3 is 19.6 Å². The average molecular weight is 335 g/mol. The first-order valence-electron chi connectivity index (χ1n) is 8.09. The Morgan fingerprint density at radius 2 is 2.04 bits per heavy atom. The number of hydrogen-bond acceptors (Lipinski definition) is 4. The van der Waals surface area contributed by atoms with E-state index in [1.165, 1.54) is 4.90 Å². The highest BCUT2D eigenvalue weighted by Gasteiger charge is 2.33. The molecule has 0 unspecified atom stereocenters. The van der Waals surface area contributed by atoms with Crippen molar-refractivity contribution in [3.05, 3.63) is 24.3 Å². The summed E-state index contributed by atoms with van der Waals surface area (Å²) < 4.78 is 5.31. The van der Waals surface area contributed by atoms with Crippen LogP contribution in [0.15, 0.2) is 24.3 Å². The number of para-hydroxylation sites is 2. The molecule has 0 aromatic heterocycles. The smallest absolute Gasteiger partial charge is 0.325 e. The molecule has 1 aliphatic heterocycles. The maximum Gasteiger partial charge on any atom is 0.325 e. The number of urea groups is 1. The molecule has 24 heavy (non-hydrogen) atoms. The van der Waals surface area contributed by atoms with Gasteiger partial charge >= 0.3 is 6.03 Å². The first kappa shape index (κ1) is 18.1. The lowest BCUT2D eigenvalue weighted by Crippen LogP contribution is -2.46. The molecule has 0 bridgehead atoms. The molecule has 3 amide bonds. The first-order valence-corrected chi connectivity index (χ1v) is 8.09. The number of carbonyl (C=O) groups excluding carboxylic acids is 2. The van der Waals surface area contributed by atoms with Crippen LogP contribution in [-0.2, 0) is 4.79 Å². The van der Waals surface area contributed by atoms with E-state index in [4.69, 9.17) is 9.84 Å². The van der Waals surface area contributed by atoms with Crippen molar-refractivity contribution in [1.82, 2.24) is 9.80 Å². The number of amides is 3. The van der Waals surface area contributed by atoms with E-state index in [1.54, 1.807) is 23.0 Å². The Morgan fingerprint density at radius 1 is 1.33 bits per heavy atom. The fourth-order valence-corrected chi connectivity index (χ4v) is 2.84. The number of methoxy groups -OCH3 is 1. The summed E-state index contributed by atoms with van der Waals surface area (Å²) in [5, 5.41) is 9.10. The summed E-state index contributed by atoms with van der Waals surface area (Å²) in [6.45, 7) is 4.96. The van der Waals surface area contributed by atoms with E-state index in [0.717, 1.165) is 0 Å². The standard InChI is InChI=1S/C17H25N3O4/c1-13(2)19(10-11-21)16(22)12-18-8-9-20(17(18)23)14-6-4-5-7-15(14)24-3/h4-7,13,21H,8-12H2,1-3H3. The summed E-state index contributed by atoms with van der Waals surface area (Å²) >= 11 is 0. The van der Waals surface area contributed by atoms with Crippen molar-refractivity contribution < 1.29 is 19.4 Å². The number of hydrogen-bond donors (Lipinski definition) is 1. The fraction of sp³-hybridized carbons (Fsp3) is 0.529. The molecule has 7 nitrogen and oxygen atoms in total. The molecule has 7 heteroatoms. The van der Waals surface area contributed by atoms with Crippen LogP contribution in [0.2, 0.25) is 0 Å². The van der Waals surface area contributed by atoms with Crippen LogP contribution in [0.1, 0.15) is 13.8 Å². The van der Waals surface area contributed by atoms with Gasteiger partial charge in [0.25, 0.3) is 0 Å². The Labute approximate surface area is 142 Å². The van der Waals surface area contributed by atoms with Gasteiger partial charge in [0, 0.05) is 25.7 Å². The summed E-state index contributed by atoms with van der Waals surface area (Å²) in [5.74, 6) is 0.470. The second-order valence-corrected chi connectivity index (χ2v) is 5.93. The highest BCUT2D eigenvalue weighted by molar-refractivity contribution is 5.97. The zero-order valence-corrected chi connectivity index (χ0v) is 14.4. The molecule has 1 aromatic carbocycles. The molecule has 0 spiro atoms. The van der Waals surface area contributed by atoms with Gasteiger partial charge in [0.15, 0.2) is 0 Å². The third kappa shape index (κ3) is 3.79. The number of aliphatic hydroxyl groups excluding tert-OH is 1. The summed E-state index contributed by atoms with van der Waals surface area (Å²) in [7, 11) is 1.57. The number of rotatable bonds is 7. The van der Waals surface area contributed by atoms with Gasteiger partial charge in [0.2, 0.25) is 5.91 Å². The van der Waals surface area contributed by atoms with Crippen molar-refractivity contribution >= 4 is 17.6 Å². The monoisotopic (exact) mass is 335 g/mol. The molecule has 0 saturated carbocycles. The molecule has 1 aromatic rings. The van der Waals surface area contributed by atoms with Gasteiger partial charge in [-0.15, -0.1) is 0 Å². The van der Waals surface area contributed by atoms with Gasteiger partial charge in [-0.1, -0.05) is 12.1 Å². The van der Waals surface area contributed by atoms with Gasteiger partial charge in [-0.2, -0.15) is 0 Å². The van der Waals surface area contributed by atoms with E-state index < -0.39 is 0 Å². The van der Waals surface area contributed by atoms with Crippen LogP contribution in [-0.4, -0.2) is 72.8 Å². The maximum atomic E-state index is 12.6. The van der Waals surface area contributed by atoms with E-state index in [0.29, 0.717) is 24.5 Å². The molecule has 1 heterocycles. The molecule has 1 aliphatic rings. The summed E-state index contributed by atoms with van der Waals surface area (Å²) in [5.41, 5.74) is 0.705. The van der Waals surface area contributed by atoms with Gasteiger partial charge in [0.1, 0.15) is 12.3 Å². The Kier molecular flexibility index (Phi) is 6.03. The number of aliphatic hydroxyl groups is 1. The molecule has 0 atom stereocenters. The van der Waals surface area contributed by atoms with Crippen LogP contribution in [0.3, 0.4) is 0 Å². The number of ether oxygens (including phenoxy) is 1. The third-order valence-corrected chi connectivity index (χ3v) is 4.08. The summed E-state index contributed by atoms with van der Waals surface area (Å²) in [4.78, 5) is 29.8. The van der Waals surface area contributed by atoms with Crippen LogP contribution in [0.4, 0.5) is 10.5 Å². The van der Waals surface area contributed by atoms with Gasteiger partial charge in [-0.3, -0.25) is 9.69 Å². The summed E-state index contributed by atoms with van der Waals surface area (Å²) in [6, 6.07) is 7.10. The normalized spacial score (nSPS) is 14.5. The predicted molar refractivity (Wildman–Crippen MR) is 91.2 cm³/mol. The molecule has 0 aliphatic carbocycles. The van der Waals surface area contributed by atoms with Crippen LogP contribution < -0.4 is 9.64 Å². The Bertz CT molecular complexity index is 591. The number of nitrogens with zero attached hydrogens (tertiary/aromatic N) is 3. The quantitative estimate of drug-likeness (QED) is 0.812. The molecule has 2 rings (SSSR count).